The molecular formula is C59H51N3. The predicted octanol–water partition coefficient (Wildman–Crippen LogP) is 15.6. The van der Waals surface area contributed by atoms with Crippen molar-refractivity contribution in [1.29, 1.82) is 0 Å². The maximum absolute atomic E-state index is 4.50. The van der Waals surface area contributed by atoms with Crippen molar-refractivity contribution in [2.75, 3.05) is 14.7 Å². The topological polar surface area (TPSA) is 9.72 Å². The van der Waals surface area contributed by atoms with Crippen molar-refractivity contribution in [2.45, 2.75) is 57.8 Å². The molecule has 11 rings (SSSR count). The summed E-state index contributed by atoms with van der Waals surface area (Å²) in [6, 6.07) is 60.0. The van der Waals surface area contributed by atoms with Crippen molar-refractivity contribution in [3.05, 3.63) is 239 Å². The van der Waals surface area contributed by atoms with Crippen LogP contribution in [0, 0.1) is 0 Å². The van der Waals surface area contributed by atoms with Gasteiger partial charge in [-0.05, 0) is 136 Å². The lowest BCUT2D eigenvalue weighted by Crippen LogP contribution is -2.39. The summed E-state index contributed by atoms with van der Waals surface area (Å²) < 4.78 is 0. The van der Waals surface area contributed by atoms with E-state index in [-0.39, 0.29) is 10.8 Å². The quantitative estimate of drug-likeness (QED) is 0.135. The maximum Gasteiger partial charge on any atom is 0.0540 e. The Morgan fingerprint density at radius 3 is 1.85 bits per heavy atom. The van der Waals surface area contributed by atoms with E-state index in [1.54, 1.807) is 0 Å². The Kier molecular flexibility index (Phi) is 8.87. The number of benzene rings is 7. The highest BCUT2D eigenvalue weighted by molar-refractivity contribution is 5.93. The van der Waals surface area contributed by atoms with Crippen LogP contribution >= 0.6 is 0 Å². The fourth-order valence-corrected chi connectivity index (χ4v) is 10.7. The van der Waals surface area contributed by atoms with Crippen LogP contribution in [-0.2, 0) is 23.7 Å². The summed E-state index contributed by atoms with van der Waals surface area (Å²) in [4.78, 5) is 7.39. The molecule has 7 aromatic carbocycles. The van der Waals surface area contributed by atoms with Crippen LogP contribution in [0.1, 0.15) is 67.5 Å². The molecule has 0 saturated carbocycles. The molecule has 0 unspecified atom stereocenters. The molecule has 0 fully saturated rings. The Hall–Kier alpha value is -7.10. The molecule has 0 spiro atoms. The number of hydrogen-bond acceptors (Lipinski definition) is 3. The number of aryl methyl sites for hydroxylation is 1. The molecule has 0 saturated heterocycles. The van der Waals surface area contributed by atoms with E-state index in [4.69, 9.17) is 0 Å². The molecule has 1 aliphatic carbocycles. The Labute approximate surface area is 366 Å². The van der Waals surface area contributed by atoms with Gasteiger partial charge in [0.15, 0.2) is 0 Å². The number of anilines is 7. The van der Waals surface area contributed by atoms with Gasteiger partial charge >= 0.3 is 0 Å². The minimum absolute atomic E-state index is 0.200. The van der Waals surface area contributed by atoms with Crippen LogP contribution in [0.5, 0.6) is 0 Å². The van der Waals surface area contributed by atoms with Gasteiger partial charge in [-0.25, -0.2) is 0 Å². The molecule has 302 valence electrons. The summed E-state index contributed by atoms with van der Waals surface area (Å²) in [6.45, 7) is 14.2. The summed E-state index contributed by atoms with van der Waals surface area (Å²) in [6.07, 6.45) is 12.1. The molecule has 3 aliphatic heterocycles. The zero-order valence-corrected chi connectivity index (χ0v) is 36.1. The average molecular weight is 802 g/mol. The van der Waals surface area contributed by atoms with Crippen molar-refractivity contribution in [3.8, 4) is 11.1 Å². The normalized spacial score (nSPS) is 16.1. The van der Waals surface area contributed by atoms with Gasteiger partial charge in [-0.3, -0.25) is 0 Å². The number of rotatable bonds is 9. The summed E-state index contributed by atoms with van der Waals surface area (Å²) >= 11 is 0. The summed E-state index contributed by atoms with van der Waals surface area (Å²) in [7, 11) is 0. The van der Waals surface area contributed by atoms with E-state index in [1.165, 1.54) is 72.8 Å². The second-order valence-electron chi connectivity index (χ2n) is 18.1. The first kappa shape index (κ1) is 37.9. The minimum Gasteiger partial charge on any atom is -0.312 e. The summed E-state index contributed by atoms with van der Waals surface area (Å²) in [5.74, 6) is 0. The molecule has 3 nitrogen and oxygen atoms in total. The van der Waals surface area contributed by atoms with Crippen LogP contribution in [0.25, 0.3) is 17.2 Å². The molecule has 62 heavy (non-hydrogen) atoms. The first-order chi connectivity index (χ1) is 30.2. The third-order valence-electron chi connectivity index (χ3n) is 13.8. The maximum atomic E-state index is 4.50. The van der Waals surface area contributed by atoms with Crippen molar-refractivity contribution in [1.82, 2.24) is 0 Å². The SMILES string of the molecule is C=C/C(=C\C1=C2Cc3cc(-c4ccc(N(c5ccccc5)c5ccccc5)cc4)cc4c3N2c2c(cccc2C4(C)C)C1(C)C)N(c1ccccc1)c1cccc2c1C=CCC2. The first-order valence-corrected chi connectivity index (χ1v) is 22.1. The highest BCUT2D eigenvalue weighted by Gasteiger charge is 2.49. The van der Waals surface area contributed by atoms with Crippen molar-refractivity contribution in [2.24, 2.45) is 0 Å². The molecule has 4 aliphatic rings. The Morgan fingerprint density at radius 2 is 1.19 bits per heavy atom. The lowest BCUT2D eigenvalue weighted by atomic mass is 9.67. The van der Waals surface area contributed by atoms with Crippen LogP contribution in [0.4, 0.5) is 39.8 Å². The van der Waals surface area contributed by atoms with Gasteiger partial charge in [0.2, 0.25) is 0 Å². The fraction of sp³-hybridized carbons (Fsp3) is 0.153. The highest BCUT2D eigenvalue weighted by atomic mass is 15.2. The second kappa shape index (κ2) is 14.5. The Bertz CT molecular complexity index is 2950. The van der Waals surface area contributed by atoms with Gasteiger partial charge in [-0.2, -0.15) is 0 Å². The second-order valence-corrected chi connectivity index (χ2v) is 18.1. The van der Waals surface area contributed by atoms with Crippen LogP contribution in [0.2, 0.25) is 0 Å². The van der Waals surface area contributed by atoms with Gasteiger partial charge in [-0.15, -0.1) is 0 Å². The van der Waals surface area contributed by atoms with Crippen LogP contribution in [-0.4, -0.2) is 0 Å². The molecule has 3 heterocycles. The number of nitrogens with zero attached hydrogens (tertiary/aromatic N) is 3. The molecule has 0 N–H and O–H groups in total. The van der Waals surface area contributed by atoms with Gasteiger partial charge in [-0.1, -0.05) is 143 Å². The van der Waals surface area contributed by atoms with Gasteiger partial charge in [0.1, 0.15) is 0 Å². The number of hydrogen-bond donors (Lipinski definition) is 0. The number of fused-ring (bicyclic) bond motifs is 1. The lowest BCUT2D eigenvalue weighted by molar-refractivity contribution is 0.589. The molecule has 3 heteroatoms. The van der Waals surface area contributed by atoms with E-state index in [1.807, 2.05) is 0 Å². The van der Waals surface area contributed by atoms with Crippen molar-refractivity contribution in [3.63, 3.8) is 0 Å². The van der Waals surface area contributed by atoms with Crippen molar-refractivity contribution >= 4 is 45.9 Å². The molecule has 0 bridgehead atoms. The van der Waals surface area contributed by atoms with Gasteiger partial charge in [0.25, 0.3) is 0 Å². The van der Waals surface area contributed by atoms with Crippen molar-refractivity contribution < 1.29 is 0 Å². The van der Waals surface area contributed by atoms with Gasteiger partial charge < -0.3 is 14.7 Å². The number of allylic oxidation sites excluding steroid dienone is 5. The molecule has 0 aromatic heterocycles. The largest absolute Gasteiger partial charge is 0.312 e. The van der Waals surface area contributed by atoms with Crippen LogP contribution < -0.4 is 14.7 Å². The first-order valence-electron chi connectivity index (χ1n) is 22.1. The molecule has 0 amide bonds. The lowest BCUT2D eigenvalue weighted by Gasteiger charge is -2.48. The van der Waals surface area contributed by atoms with E-state index < -0.39 is 0 Å². The zero-order valence-electron chi connectivity index (χ0n) is 36.1. The fourth-order valence-electron chi connectivity index (χ4n) is 10.7. The Morgan fingerprint density at radius 1 is 0.581 bits per heavy atom. The van der Waals surface area contributed by atoms with Crippen LogP contribution in [0.15, 0.2) is 206 Å². The van der Waals surface area contributed by atoms with E-state index in [0.717, 1.165) is 47.7 Å². The Balaban J connectivity index is 1.07. The minimum atomic E-state index is -0.276. The van der Waals surface area contributed by atoms with E-state index in [0.29, 0.717) is 0 Å². The average Bonchev–Trinajstić information content (AvgIpc) is 3.69. The molecular weight excluding hydrogens is 751 g/mol. The van der Waals surface area contributed by atoms with Crippen LogP contribution in [0.3, 0.4) is 0 Å². The molecule has 0 atom stereocenters. The van der Waals surface area contributed by atoms with E-state index in [2.05, 4.69) is 237 Å². The zero-order chi connectivity index (χ0) is 42.2. The monoisotopic (exact) mass is 801 g/mol. The standard InChI is InChI=1S/C59H51N3/c1-6-44(61(47-26-14-9-15-27-47)54-31-18-21-41-20-16-17-28-49(41)54)39-52-55-38-43-36-42(37-53-56(43)62(55)57-50(58(52,2)3)29-19-30-51(57)59(53,4)5)40-32-34-48(35-33-40)60(45-22-10-7-11-23-45)46-24-12-8-13-25-46/h6-15,17-19,21-37,39H,1,16,20,38H2,2-5H3/b44-39+. The summed E-state index contributed by atoms with van der Waals surface area (Å²) in [5, 5.41) is 0. The van der Waals surface area contributed by atoms with Gasteiger partial charge in [0.05, 0.1) is 17.1 Å². The molecule has 0 radical (unpaired) electrons. The van der Waals surface area contributed by atoms with E-state index >= 15 is 0 Å². The van der Waals surface area contributed by atoms with E-state index in [9.17, 15) is 0 Å². The predicted molar refractivity (Wildman–Crippen MR) is 262 cm³/mol. The summed E-state index contributed by atoms with van der Waals surface area (Å²) in [5.41, 5.74) is 22.4. The third kappa shape index (κ3) is 5.86. The smallest absolute Gasteiger partial charge is 0.0540 e. The van der Waals surface area contributed by atoms with Gasteiger partial charge in [0, 0.05) is 57.0 Å². The third-order valence-corrected chi connectivity index (χ3v) is 13.8. The highest BCUT2D eigenvalue weighted by Crippen LogP contribution is 2.62. The number of para-hydroxylation sites is 4. The molecule has 7 aromatic rings.